The zero-order valence-corrected chi connectivity index (χ0v) is 17.6. The molecule has 0 unspecified atom stereocenters. The van der Waals surface area contributed by atoms with Gasteiger partial charge in [0.15, 0.2) is 17.5 Å². The second-order valence-corrected chi connectivity index (χ2v) is 8.55. The minimum absolute atomic E-state index is 0.00654. The number of hydrogen-bond acceptors (Lipinski definition) is 6. The average Bonchev–Trinajstić information content (AvgIpc) is 3.53. The van der Waals surface area contributed by atoms with Crippen molar-refractivity contribution < 1.29 is 9.21 Å². The number of hydrogen-bond donors (Lipinski definition) is 0. The maximum absolute atomic E-state index is 13.0. The Bertz CT molecular complexity index is 1170. The number of fused-ring (bicyclic) bond motifs is 1. The van der Waals surface area contributed by atoms with Gasteiger partial charge in [0.25, 0.3) is 5.91 Å². The molecule has 4 heterocycles. The van der Waals surface area contributed by atoms with Crippen LogP contribution in [0.3, 0.4) is 0 Å². The first kappa shape index (κ1) is 18.7. The van der Waals surface area contributed by atoms with Crippen molar-refractivity contribution in [1.82, 2.24) is 24.6 Å². The van der Waals surface area contributed by atoms with Crippen LogP contribution in [-0.4, -0.2) is 37.1 Å². The van der Waals surface area contributed by atoms with Crippen LogP contribution in [0.2, 0.25) is 0 Å². The molecule has 0 aliphatic carbocycles. The Balaban J connectivity index is 1.33. The Morgan fingerprint density at radius 3 is 2.67 bits per heavy atom. The van der Waals surface area contributed by atoms with Crippen LogP contribution in [0, 0.1) is 0 Å². The standard InChI is InChI=1S/C22H21N5O2S/c1-14(2)21-23-17(13-29-21)20-25-24-19-12-26(9-10-27(19)20)22(28)16-7-5-15(6-8-16)18-4-3-11-30-18/h3-8,11,13-14H,9-10,12H2,1-2H3. The van der Waals surface area contributed by atoms with Gasteiger partial charge >= 0.3 is 0 Å². The van der Waals surface area contributed by atoms with Gasteiger partial charge in [-0.25, -0.2) is 4.98 Å². The summed E-state index contributed by atoms with van der Waals surface area (Å²) >= 11 is 1.69. The van der Waals surface area contributed by atoms with Gasteiger partial charge in [-0.1, -0.05) is 32.0 Å². The van der Waals surface area contributed by atoms with Crippen LogP contribution in [-0.2, 0) is 13.1 Å². The van der Waals surface area contributed by atoms with Crippen molar-refractivity contribution in [3.8, 4) is 22.0 Å². The highest BCUT2D eigenvalue weighted by atomic mass is 32.1. The van der Waals surface area contributed by atoms with Gasteiger partial charge in [-0.3, -0.25) is 4.79 Å². The minimum atomic E-state index is 0.00654. The molecule has 0 radical (unpaired) electrons. The number of benzene rings is 1. The molecule has 1 aromatic carbocycles. The zero-order valence-electron chi connectivity index (χ0n) is 16.8. The topological polar surface area (TPSA) is 77.1 Å². The Morgan fingerprint density at radius 1 is 1.13 bits per heavy atom. The Labute approximate surface area is 178 Å². The lowest BCUT2D eigenvalue weighted by molar-refractivity contribution is 0.0708. The molecule has 30 heavy (non-hydrogen) atoms. The first-order valence-electron chi connectivity index (χ1n) is 9.91. The molecule has 0 atom stereocenters. The Kier molecular flexibility index (Phi) is 4.71. The van der Waals surface area contributed by atoms with E-state index in [1.807, 2.05) is 53.6 Å². The zero-order chi connectivity index (χ0) is 20.7. The van der Waals surface area contributed by atoms with E-state index in [0.717, 1.165) is 11.4 Å². The number of rotatable bonds is 4. The molecule has 0 N–H and O–H groups in total. The van der Waals surface area contributed by atoms with Crippen LogP contribution in [0.25, 0.3) is 22.0 Å². The highest BCUT2D eigenvalue weighted by molar-refractivity contribution is 7.13. The second-order valence-electron chi connectivity index (χ2n) is 7.60. The summed E-state index contributed by atoms with van der Waals surface area (Å²) in [5.41, 5.74) is 2.49. The quantitative estimate of drug-likeness (QED) is 0.489. The lowest BCUT2D eigenvalue weighted by atomic mass is 10.1. The number of amides is 1. The molecular formula is C22H21N5O2S. The van der Waals surface area contributed by atoms with Crippen LogP contribution >= 0.6 is 11.3 Å². The van der Waals surface area contributed by atoms with E-state index in [2.05, 4.69) is 26.6 Å². The number of oxazole rings is 1. The van der Waals surface area contributed by atoms with Crippen molar-refractivity contribution in [2.45, 2.75) is 32.9 Å². The fourth-order valence-corrected chi connectivity index (χ4v) is 4.31. The van der Waals surface area contributed by atoms with Gasteiger partial charge in [0.05, 0.1) is 6.54 Å². The maximum atomic E-state index is 13.0. The molecule has 8 heteroatoms. The monoisotopic (exact) mass is 419 g/mol. The van der Waals surface area contributed by atoms with Crippen molar-refractivity contribution in [2.75, 3.05) is 6.54 Å². The van der Waals surface area contributed by atoms with E-state index < -0.39 is 0 Å². The van der Waals surface area contributed by atoms with Crippen LogP contribution in [0.1, 0.15) is 41.8 Å². The minimum Gasteiger partial charge on any atom is -0.448 e. The molecule has 0 saturated heterocycles. The third-order valence-corrected chi connectivity index (χ3v) is 6.14. The van der Waals surface area contributed by atoms with Crippen LogP contribution in [0.15, 0.2) is 52.5 Å². The molecular weight excluding hydrogens is 398 g/mol. The fraction of sp³-hybridized carbons (Fsp3) is 0.273. The van der Waals surface area contributed by atoms with E-state index in [1.54, 1.807) is 17.6 Å². The maximum Gasteiger partial charge on any atom is 0.254 e. The number of nitrogens with zero attached hydrogens (tertiary/aromatic N) is 5. The van der Waals surface area contributed by atoms with E-state index in [0.29, 0.717) is 42.6 Å². The van der Waals surface area contributed by atoms with Crippen LogP contribution < -0.4 is 0 Å². The number of carbonyl (C=O) groups excluding carboxylic acids is 1. The molecule has 0 bridgehead atoms. The second kappa shape index (κ2) is 7.53. The molecule has 152 valence electrons. The molecule has 1 aliphatic rings. The van der Waals surface area contributed by atoms with Crippen molar-refractivity contribution in [3.63, 3.8) is 0 Å². The first-order chi connectivity index (χ1) is 14.6. The van der Waals surface area contributed by atoms with Crippen molar-refractivity contribution >= 4 is 17.2 Å². The average molecular weight is 420 g/mol. The van der Waals surface area contributed by atoms with Gasteiger partial charge in [-0.2, -0.15) is 0 Å². The summed E-state index contributed by atoms with van der Waals surface area (Å²) in [5, 5.41) is 10.7. The van der Waals surface area contributed by atoms with Gasteiger partial charge in [0, 0.05) is 29.4 Å². The first-order valence-corrected chi connectivity index (χ1v) is 10.8. The summed E-state index contributed by atoms with van der Waals surface area (Å²) in [6.45, 7) is 5.71. The van der Waals surface area contributed by atoms with E-state index in [1.165, 1.54) is 4.88 Å². The van der Waals surface area contributed by atoms with Crippen molar-refractivity contribution in [1.29, 1.82) is 0 Å². The predicted octanol–water partition coefficient (Wildman–Crippen LogP) is 4.44. The summed E-state index contributed by atoms with van der Waals surface area (Å²) in [5.74, 6) is 2.34. The SMILES string of the molecule is CC(C)c1nc(-c2nnc3n2CCN(C(=O)c2ccc(-c4cccs4)cc2)C3)co1. The highest BCUT2D eigenvalue weighted by Crippen LogP contribution is 2.26. The summed E-state index contributed by atoms with van der Waals surface area (Å²) in [7, 11) is 0. The molecule has 0 spiro atoms. The van der Waals surface area contributed by atoms with Crippen LogP contribution in [0.5, 0.6) is 0 Å². The van der Waals surface area contributed by atoms with E-state index >= 15 is 0 Å². The van der Waals surface area contributed by atoms with Gasteiger partial charge in [0.2, 0.25) is 0 Å². The lowest BCUT2D eigenvalue weighted by Crippen LogP contribution is -2.38. The summed E-state index contributed by atoms with van der Waals surface area (Å²) in [4.78, 5) is 20.5. The molecule has 4 aromatic rings. The molecule has 0 saturated carbocycles. The lowest BCUT2D eigenvalue weighted by Gasteiger charge is -2.27. The number of thiophene rings is 1. The molecule has 7 nitrogen and oxygen atoms in total. The van der Waals surface area contributed by atoms with E-state index in [4.69, 9.17) is 4.42 Å². The van der Waals surface area contributed by atoms with E-state index in [-0.39, 0.29) is 11.8 Å². The van der Waals surface area contributed by atoms with Crippen molar-refractivity contribution in [2.24, 2.45) is 0 Å². The Morgan fingerprint density at radius 2 is 1.97 bits per heavy atom. The van der Waals surface area contributed by atoms with Gasteiger partial charge in [-0.05, 0) is 29.1 Å². The van der Waals surface area contributed by atoms with Gasteiger partial charge in [0.1, 0.15) is 12.0 Å². The van der Waals surface area contributed by atoms with Crippen molar-refractivity contribution in [3.05, 3.63) is 65.3 Å². The fourth-order valence-electron chi connectivity index (χ4n) is 3.58. The summed E-state index contributed by atoms with van der Waals surface area (Å²) in [6.07, 6.45) is 1.62. The third kappa shape index (κ3) is 3.33. The normalized spacial score (nSPS) is 13.6. The Hall–Kier alpha value is -3.26. The number of aromatic nitrogens is 4. The predicted molar refractivity (Wildman–Crippen MR) is 114 cm³/mol. The summed E-state index contributed by atoms with van der Waals surface area (Å²) in [6, 6.07) is 11.9. The van der Waals surface area contributed by atoms with Gasteiger partial charge in [-0.15, -0.1) is 21.5 Å². The largest absolute Gasteiger partial charge is 0.448 e. The highest BCUT2D eigenvalue weighted by Gasteiger charge is 2.27. The third-order valence-electron chi connectivity index (χ3n) is 5.22. The molecule has 3 aromatic heterocycles. The summed E-state index contributed by atoms with van der Waals surface area (Å²) < 4.78 is 7.56. The van der Waals surface area contributed by atoms with Gasteiger partial charge < -0.3 is 13.9 Å². The molecule has 1 aliphatic heterocycles. The number of carbonyl (C=O) groups is 1. The molecule has 1 amide bonds. The smallest absolute Gasteiger partial charge is 0.254 e. The molecule has 5 rings (SSSR count). The van der Waals surface area contributed by atoms with E-state index in [9.17, 15) is 4.79 Å². The van der Waals surface area contributed by atoms with Crippen LogP contribution in [0.4, 0.5) is 0 Å². The molecule has 0 fully saturated rings.